The van der Waals surface area contributed by atoms with Crippen molar-refractivity contribution in [2.24, 2.45) is 18.9 Å². The number of hydrogen-bond donors (Lipinski definition) is 0. The Hall–Kier alpha value is -1.09. The van der Waals surface area contributed by atoms with Crippen LogP contribution in [0, 0.1) is 11.8 Å². The zero-order valence-electron chi connectivity index (χ0n) is 10.3. The molecule has 3 heteroatoms. The first kappa shape index (κ1) is 11.4. The molecule has 2 atom stereocenters. The van der Waals surface area contributed by atoms with E-state index in [4.69, 9.17) is 0 Å². The fourth-order valence-corrected chi connectivity index (χ4v) is 2.12. The molecule has 88 valence electrons. The van der Waals surface area contributed by atoms with E-state index in [9.17, 15) is 4.79 Å². The maximum atomic E-state index is 11.9. The third-order valence-corrected chi connectivity index (χ3v) is 3.39. The molecule has 3 nitrogen and oxygen atoms in total. The van der Waals surface area contributed by atoms with Crippen LogP contribution in [0.2, 0.25) is 0 Å². The van der Waals surface area contributed by atoms with E-state index in [0.717, 1.165) is 23.9 Å². The van der Waals surface area contributed by atoms with Crippen LogP contribution >= 0.6 is 0 Å². The molecule has 2 rings (SSSR count). The van der Waals surface area contributed by atoms with Crippen molar-refractivity contribution in [3.05, 3.63) is 24.0 Å². The normalized spacial score (nSPS) is 23.8. The van der Waals surface area contributed by atoms with E-state index < -0.39 is 0 Å². The highest BCUT2D eigenvalue weighted by atomic mass is 16.1. The van der Waals surface area contributed by atoms with Gasteiger partial charge in [0.15, 0.2) is 5.78 Å². The largest absolute Gasteiger partial charge is 0.357 e. The number of carbonyl (C=O) groups is 1. The van der Waals surface area contributed by atoms with Gasteiger partial charge in [-0.1, -0.05) is 6.92 Å². The smallest absolute Gasteiger partial charge is 0.178 e. The van der Waals surface area contributed by atoms with Crippen molar-refractivity contribution in [3.8, 4) is 0 Å². The van der Waals surface area contributed by atoms with E-state index in [0.29, 0.717) is 6.54 Å². The molecule has 1 aromatic rings. The molecule has 1 aromatic heterocycles. The van der Waals surface area contributed by atoms with Crippen molar-refractivity contribution in [1.29, 1.82) is 0 Å². The number of aryl methyl sites for hydroxylation is 1. The van der Waals surface area contributed by atoms with Crippen LogP contribution in [0.5, 0.6) is 0 Å². The molecule has 2 unspecified atom stereocenters. The van der Waals surface area contributed by atoms with Crippen LogP contribution in [0.1, 0.15) is 23.7 Å². The summed E-state index contributed by atoms with van der Waals surface area (Å²) in [5.41, 5.74) is 0.818. The molecule has 0 saturated heterocycles. The molecule has 1 saturated carbocycles. The Morgan fingerprint density at radius 3 is 2.81 bits per heavy atom. The van der Waals surface area contributed by atoms with Crippen LogP contribution in [0.3, 0.4) is 0 Å². The molecule has 1 aliphatic rings. The van der Waals surface area contributed by atoms with Crippen LogP contribution in [0.4, 0.5) is 0 Å². The zero-order valence-corrected chi connectivity index (χ0v) is 10.3. The molecule has 0 radical (unpaired) electrons. The number of Topliss-reactive ketones (excluding diaryl/α,β-unsaturated/α-hetero) is 1. The minimum absolute atomic E-state index is 0.219. The number of rotatable bonds is 5. The summed E-state index contributed by atoms with van der Waals surface area (Å²) >= 11 is 0. The molecule has 0 amide bonds. The molecule has 1 aliphatic carbocycles. The van der Waals surface area contributed by atoms with Gasteiger partial charge in [0, 0.05) is 31.5 Å². The van der Waals surface area contributed by atoms with Crippen molar-refractivity contribution >= 4 is 5.78 Å². The molecule has 0 N–H and O–H groups in total. The summed E-state index contributed by atoms with van der Waals surface area (Å²) in [5.74, 6) is 1.89. The van der Waals surface area contributed by atoms with Gasteiger partial charge in [0.2, 0.25) is 0 Å². The Morgan fingerprint density at radius 2 is 2.31 bits per heavy atom. The highest BCUT2D eigenvalue weighted by molar-refractivity contribution is 5.97. The molecule has 1 heterocycles. The Balaban J connectivity index is 1.82. The third kappa shape index (κ3) is 2.73. The predicted molar refractivity (Wildman–Crippen MR) is 64.5 cm³/mol. The molecule has 1 fully saturated rings. The molecular weight excluding hydrogens is 200 g/mol. The number of likely N-dealkylation sites (N-methyl/N-ethyl adjacent to an activating group) is 1. The molecule has 0 spiro atoms. The minimum Gasteiger partial charge on any atom is -0.357 e. The summed E-state index contributed by atoms with van der Waals surface area (Å²) in [6, 6.07) is 1.88. The van der Waals surface area contributed by atoms with E-state index in [-0.39, 0.29) is 5.78 Å². The van der Waals surface area contributed by atoms with E-state index in [1.54, 1.807) is 0 Å². The van der Waals surface area contributed by atoms with Gasteiger partial charge < -0.3 is 4.57 Å². The Kier molecular flexibility index (Phi) is 3.15. The van der Waals surface area contributed by atoms with Crippen molar-refractivity contribution in [2.45, 2.75) is 13.3 Å². The zero-order chi connectivity index (χ0) is 11.7. The highest BCUT2D eigenvalue weighted by Gasteiger charge is 2.33. The lowest BCUT2D eigenvalue weighted by atomic mass is 10.2. The van der Waals surface area contributed by atoms with Crippen molar-refractivity contribution in [3.63, 3.8) is 0 Å². The lowest BCUT2D eigenvalue weighted by Crippen LogP contribution is -2.28. The Labute approximate surface area is 97.1 Å². The number of ketones is 1. The summed E-state index contributed by atoms with van der Waals surface area (Å²) in [5, 5.41) is 0. The molecule has 0 aromatic carbocycles. The predicted octanol–water partition coefficient (Wildman–Crippen LogP) is 1.80. The van der Waals surface area contributed by atoms with Gasteiger partial charge in [-0.25, -0.2) is 0 Å². The van der Waals surface area contributed by atoms with Crippen LogP contribution < -0.4 is 0 Å². The Bertz CT molecular complexity index is 383. The van der Waals surface area contributed by atoms with Crippen molar-refractivity contribution in [1.82, 2.24) is 9.47 Å². The van der Waals surface area contributed by atoms with E-state index in [2.05, 4.69) is 11.8 Å². The highest BCUT2D eigenvalue weighted by Crippen LogP contribution is 2.37. The standard InChI is InChI=1S/C13H20N2O/c1-10-6-12(10)8-15(3)9-13(16)11-4-5-14(2)7-11/h4-5,7,10,12H,6,8-9H2,1-3H3. The monoisotopic (exact) mass is 220 g/mol. The number of hydrogen-bond acceptors (Lipinski definition) is 2. The number of nitrogens with zero attached hydrogens (tertiary/aromatic N) is 2. The minimum atomic E-state index is 0.219. The van der Waals surface area contributed by atoms with E-state index in [1.165, 1.54) is 6.42 Å². The molecular formula is C13H20N2O. The maximum Gasteiger partial charge on any atom is 0.178 e. The summed E-state index contributed by atoms with van der Waals surface area (Å²) in [6.45, 7) is 3.87. The van der Waals surface area contributed by atoms with Crippen LogP contribution in [-0.4, -0.2) is 35.4 Å². The van der Waals surface area contributed by atoms with Crippen LogP contribution in [0.25, 0.3) is 0 Å². The van der Waals surface area contributed by atoms with Crippen molar-refractivity contribution in [2.75, 3.05) is 20.1 Å². The van der Waals surface area contributed by atoms with Crippen molar-refractivity contribution < 1.29 is 4.79 Å². The van der Waals surface area contributed by atoms with Gasteiger partial charge in [-0.05, 0) is 31.4 Å². The number of carbonyl (C=O) groups excluding carboxylic acids is 1. The van der Waals surface area contributed by atoms with Gasteiger partial charge in [0.25, 0.3) is 0 Å². The molecule has 0 bridgehead atoms. The van der Waals surface area contributed by atoms with Gasteiger partial charge in [-0.15, -0.1) is 0 Å². The topological polar surface area (TPSA) is 25.2 Å². The summed E-state index contributed by atoms with van der Waals surface area (Å²) in [7, 11) is 3.97. The fraction of sp³-hybridized carbons (Fsp3) is 0.615. The van der Waals surface area contributed by atoms with E-state index in [1.807, 2.05) is 37.1 Å². The lowest BCUT2D eigenvalue weighted by Gasteiger charge is -2.14. The second kappa shape index (κ2) is 4.42. The second-order valence-corrected chi connectivity index (χ2v) is 5.16. The van der Waals surface area contributed by atoms with Gasteiger partial charge in [-0.3, -0.25) is 9.69 Å². The first-order valence-electron chi connectivity index (χ1n) is 5.90. The van der Waals surface area contributed by atoms with Gasteiger partial charge >= 0.3 is 0 Å². The quantitative estimate of drug-likeness (QED) is 0.707. The van der Waals surface area contributed by atoms with Gasteiger partial charge in [0.1, 0.15) is 0 Å². The molecule has 0 aliphatic heterocycles. The third-order valence-electron chi connectivity index (χ3n) is 3.39. The Morgan fingerprint density at radius 1 is 1.62 bits per heavy atom. The second-order valence-electron chi connectivity index (χ2n) is 5.16. The summed E-state index contributed by atoms with van der Waals surface area (Å²) in [6.07, 6.45) is 5.12. The van der Waals surface area contributed by atoms with Gasteiger partial charge in [-0.2, -0.15) is 0 Å². The first-order valence-corrected chi connectivity index (χ1v) is 5.90. The SMILES string of the molecule is CC1CC1CN(C)CC(=O)c1ccn(C)c1. The van der Waals surface area contributed by atoms with Gasteiger partial charge in [0.05, 0.1) is 6.54 Å². The number of aromatic nitrogens is 1. The first-order chi connectivity index (χ1) is 7.56. The average molecular weight is 220 g/mol. The van der Waals surface area contributed by atoms with Crippen LogP contribution in [-0.2, 0) is 7.05 Å². The summed E-state index contributed by atoms with van der Waals surface area (Å²) < 4.78 is 1.91. The fourth-order valence-electron chi connectivity index (χ4n) is 2.12. The molecule has 16 heavy (non-hydrogen) atoms. The van der Waals surface area contributed by atoms with E-state index >= 15 is 0 Å². The maximum absolute atomic E-state index is 11.9. The summed E-state index contributed by atoms with van der Waals surface area (Å²) in [4.78, 5) is 14.0. The lowest BCUT2D eigenvalue weighted by molar-refractivity contribution is 0.0943. The van der Waals surface area contributed by atoms with Crippen LogP contribution in [0.15, 0.2) is 18.5 Å². The average Bonchev–Trinajstić information content (AvgIpc) is 2.73.